The SMILES string of the molecule is COc1c(C(C)(C)C)ccc(CCCNNc2ccncc2)c1O[Si](C)C. The van der Waals surface area contributed by atoms with Gasteiger partial charge in [0.15, 0.2) is 5.75 Å². The maximum absolute atomic E-state index is 6.26. The van der Waals surface area contributed by atoms with Crippen molar-refractivity contribution in [2.75, 3.05) is 19.1 Å². The molecule has 2 aromatic rings. The van der Waals surface area contributed by atoms with Crippen molar-refractivity contribution in [3.8, 4) is 11.5 Å². The first kappa shape index (κ1) is 21.2. The minimum atomic E-state index is -0.887. The fourth-order valence-electron chi connectivity index (χ4n) is 2.88. The van der Waals surface area contributed by atoms with Crippen LogP contribution in [0.3, 0.4) is 0 Å². The van der Waals surface area contributed by atoms with Crippen LogP contribution in [0.25, 0.3) is 0 Å². The Morgan fingerprint density at radius 2 is 1.74 bits per heavy atom. The number of aryl methyl sites for hydroxylation is 1. The fourth-order valence-corrected chi connectivity index (χ4v) is 3.51. The topological polar surface area (TPSA) is 55.4 Å². The van der Waals surface area contributed by atoms with Crippen molar-refractivity contribution in [3.05, 3.63) is 47.8 Å². The van der Waals surface area contributed by atoms with E-state index in [-0.39, 0.29) is 5.41 Å². The predicted molar refractivity (Wildman–Crippen MR) is 114 cm³/mol. The highest BCUT2D eigenvalue weighted by Gasteiger charge is 2.24. The molecule has 1 aromatic heterocycles. The Kier molecular flexibility index (Phi) is 7.68. The van der Waals surface area contributed by atoms with E-state index in [9.17, 15) is 0 Å². The van der Waals surface area contributed by atoms with Gasteiger partial charge >= 0.3 is 0 Å². The van der Waals surface area contributed by atoms with Crippen LogP contribution in [0.5, 0.6) is 11.5 Å². The summed E-state index contributed by atoms with van der Waals surface area (Å²) >= 11 is 0. The van der Waals surface area contributed by atoms with Crippen molar-refractivity contribution in [2.45, 2.75) is 52.1 Å². The standard InChI is InChI=1S/C21H32N3O2Si/c1-21(2,3)18-10-9-16(19(20(18)25-4)26-27(5)6)8-7-13-23-24-17-11-14-22-15-12-17/h9-12,14-15,23H,7-8,13H2,1-6H3,(H,22,24). The van der Waals surface area contributed by atoms with Gasteiger partial charge in [-0.25, -0.2) is 5.43 Å². The van der Waals surface area contributed by atoms with Gasteiger partial charge < -0.3 is 14.6 Å². The average Bonchev–Trinajstić information content (AvgIpc) is 2.61. The number of nitrogens with one attached hydrogen (secondary N) is 2. The fraction of sp³-hybridized carbons (Fsp3) is 0.476. The van der Waals surface area contributed by atoms with Crippen LogP contribution in [0, 0.1) is 0 Å². The second kappa shape index (κ2) is 9.76. The molecule has 1 radical (unpaired) electrons. The van der Waals surface area contributed by atoms with E-state index in [1.807, 2.05) is 12.1 Å². The number of hydrogen-bond acceptors (Lipinski definition) is 5. The molecule has 2 N–H and O–H groups in total. The molecule has 0 aliphatic heterocycles. The lowest BCUT2D eigenvalue weighted by molar-refractivity contribution is 0.377. The average molecular weight is 387 g/mol. The van der Waals surface area contributed by atoms with Crippen molar-refractivity contribution >= 4 is 14.7 Å². The maximum Gasteiger partial charge on any atom is 0.274 e. The Morgan fingerprint density at radius 1 is 1.04 bits per heavy atom. The first-order valence-electron chi connectivity index (χ1n) is 9.40. The molecule has 1 heterocycles. The van der Waals surface area contributed by atoms with Gasteiger partial charge in [-0.2, -0.15) is 0 Å². The summed E-state index contributed by atoms with van der Waals surface area (Å²) in [5.41, 5.74) is 9.85. The molecule has 27 heavy (non-hydrogen) atoms. The number of methoxy groups -OCH3 is 1. The minimum absolute atomic E-state index is 0.00634. The van der Waals surface area contributed by atoms with Gasteiger partial charge in [0.2, 0.25) is 0 Å². The van der Waals surface area contributed by atoms with Crippen LogP contribution in [0.1, 0.15) is 38.3 Å². The highest BCUT2D eigenvalue weighted by atomic mass is 28.3. The molecule has 0 aliphatic rings. The van der Waals surface area contributed by atoms with Crippen molar-refractivity contribution < 1.29 is 9.16 Å². The number of ether oxygens (including phenoxy) is 1. The van der Waals surface area contributed by atoms with Crippen LogP contribution in [0.4, 0.5) is 5.69 Å². The molecule has 0 spiro atoms. The normalized spacial score (nSPS) is 11.5. The molecule has 2 rings (SSSR count). The van der Waals surface area contributed by atoms with E-state index in [0.29, 0.717) is 0 Å². The third kappa shape index (κ3) is 6.25. The minimum Gasteiger partial charge on any atom is -0.540 e. The number of hydrogen-bond donors (Lipinski definition) is 2. The van der Waals surface area contributed by atoms with Gasteiger partial charge in [-0.05, 0) is 49.0 Å². The third-order valence-electron chi connectivity index (χ3n) is 4.17. The Bertz CT molecular complexity index is 715. The number of pyridine rings is 1. The van der Waals surface area contributed by atoms with Crippen LogP contribution in [-0.2, 0) is 11.8 Å². The van der Waals surface area contributed by atoms with Gasteiger partial charge in [0.25, 0.3) is 9.04 Å². The van der Waals surface area contributed by atoms with Gasteiger partial charge in [-0.15, -0.1) is 0 Å². The van der Waals surface area contributed by atoms with Crippen molar-refractivity contribution in [3.63, 3.8) is 0 Å². The maximum atomic E-state index is 6.26. The smallest absolute Gasteiger partial charge is 0.274 e. The molecular weight excluding hydrogens is 354 g/mol. The second-order valence-electron chi connectivity index (χ2n) is 7.79. The summed E-state index contributed by atoms with van der Waals surface area (Å²) in [6.45, 7) is 11.8. The van der Waals surface area contributed by atoms with E-state index in [4.69, 9.17) is 9.16 Å². The molecule has 0 bridgehead atoms. The number of benzene rings is 1. The van der Waals surface area contributed by atoms with E-state index in [0.717, 1.165) is 36.6 Å². The number of rotatable bonds is 9. The molecule has 6 heteroatoms. The molecule has 0 atom stereocenters. The zero-order valence-electron chi connectivity index (χ0n) is 17.3. The summed E-state index contributed by atoms with van der Waals surface area (Å²) in [6.07, 6.45) is 5.45. The van der Waals surface area contributed by atoms with Crippen LogP contribution < -0.4 is 20.0 Å². The van der Waals surface area contributed by atoms with Gasteiger partial charge in [-0.3, -0.25) is 4.98 Å². The molecule has 0 unspecified atom stereocenters. The van der Waals surface area contributed by atoms with Gasteiger partial charge in [0.05, 0.1) is 12.8 Å². The second-order valence-corrected chi connectivity index (χ2v) is 9.81. The third-order valence-corrected chi connectivity index (χ3v) is 4.79. The van der Waals surface area contributed by atoms with Crippen molar-refractivity contribution in [1.29, 1.82) is 0 Å². The van der Waals surface area contributed by atoms with E-state index in [1.165, 1.54) is 11.1 Å². The Hall–Kier alpha value is -2.05. The van der Waals surface area contributed by atoms with Gasteiger partial charge in [0.1, 0.15) is 5.75 Å². The largest absolute Gasteiger partial charge is 0.540 e. The van der Waals surface area contributed by atoms with Gasteiger partial charge in [0, 0.05) is 24.5 Å². The van der Waals surface area contributed by atoms with E-state index < -0.39 is 9.04 Å². The molecule has 0 saturated heterocycles. The molecular formula is C21H32N3O2Si. The van der Waals surface area contributed by atoms with Crippen LogP contribution in [0.15, 0.2) is 36.7 Å². The number of nitrogens with zero attached hydrogens (tertiary/aromatic N) is 1. The quantitative estimate of drug-likeness (QED) is 0.376. The zero-order valence-corrected chi connectivity index (χ0v) is 18.3. The highest BCUT2D eigenvalue weighted by molar-refractivity contribution is 6.49. The van der Waals surface area contributed by atoms with Crippen LogP contribution in [-0.4, -0.2) is 27.7 Å². The first-order valence-corrected chi connectivity index (χ1v) is 11.8. The number of hydrazine groups is 1. The zero-order chi connectivity index (χ0) is 19.9. The van der Waals surface area contributed by atoms with E-state index in [1.54, 1.807) is 19.5 Å². The lowest BCUT2D eigenvalue weighted by Crippen LogP contribution is -2.23. The summed E-state index contributed by atoms with van der Waals surface area (Å²) < 4.78 is 12.1. The Morgan fingerprint density at radius 3 is 2.33 bits per heavy atom. The highest BCUT2D eigenvalue weighted by Crippen LogP contribution is 2.41. The summed E-state index contributed by atoms with van der Waals surface area (Å²) in [4.78, 5) is 4.01. The van der Waals surface area contributed by atoms with Crippen molar-refractivity contribution in [2.24, 2.45) is 0 Å². The molecule has 5 nitrogen and oxygen atoms in total. The lowest BCUT2D eigenvalue weighted by Gasteiger charge is -2.26. The molecule has 0 saturated carbocycles. The summed E-state index contributed by atoms with van der Waals surface area (Å²) in [6, 6.07) is 8.24. The number of anilines is 1. The Balaban J connectivity index is 2.06. The summed E-state index contributed by atoms with van der Waals surface area (Å²) in [5.74, 6) is 1.81. The molecule has 0 amide bonds. The summed E-state index contributed by atoms with van der Waals surface area (Å²) in [5, 5.41) is 0. The number of aromatic nitrogens is 1. The van der Waals surface area contributed by atoms with E-state index >= 15 is 0 Å². The van der Waals surface area contributed by atoms with Crippen LogP contribution >= 0.6 is 0 Å². The van der Waals surface area contributed by atoms with Crippen LogP contribution in [0.2, 0.25) is 13.1 Å². The molecule has 1 aromatic carbocycles. The molecule has 147 valence electrons. The van der Waals surface area contributed by atoms with Crippen molar-refractivity contribution in [1.82, 2.24) is 10.4 Å². The molecule has 0 aliphatic carbocycles. The predicted octanol–water partition coefficient (Wildman–Crippen LogP) is 4.57. The lowest BCUT2D eigenvalue weighted by atomic mass is 9.85. The first-order chi connectivity index (χ1) is 12.8. The summed E-state index contributed by atoms with van der Waals surface area (Å²) in [7, 11) is 0.849. The van der Waals surface area contributed by atoms with Gasteiger partial charge in [-0.1, -0.05) is 32.9 Å². The monoisotopic (exact) mass is 386 g/mol. The molecule has 0 fully saturated rings. The Labute approximate surface area is 165 Å². The van der Waals surface area contributed by atoms with E-state index in [2.05, 4.69) is 61.8 Å².